The Balaban J connectivity index is 3.54. The molecule has 148 valence electrons. The molecule has 7 heteroatoms. The summed E-state index contributed by atoms with van der Waals surface area (Å²) >= 11 is 0. The lowest BCUT2D eigenvalue weighted by Gasteiger charge is -2.30. The summed E-state index contributed by atoms with van der Waals surface area (Å²) in [5, 5.41) is 8.76. The average Bonchev–Trinajstić information content (AvgIpc) is 2.52. The van der Waals surface area contributed by atoms with Crippen molar-refractivity contribution in [2.24, 2.45) is 5.92 Å². The molecule has 2 amide bonds. The van der Waals surface area contributed by atoms with E-state index in [-0.39, 0.29) is 24.3 Å². The molecule has 0 saturated heterocycles. The first-order valence-electron chi connectivity index (χ1n) is 9.34. The standard InChI is InChI=1S/C18H38N4O3/c1-14(2)18(24)21-9-12-25-11-8-19-13-17(23)20-7-10-22(15(3)4)16(5)6/h14-16,19H,7-13H2,1-6H3,(H,20,23)(H,21,24). The van der Waals surface area contributed by atoms with Crippen molar-refractivity contribution in [3.63, 3.8) is 0 Å². The van der Waals surface area contributed by atoms with E-state index in [9.17, 15) is 9.59 Å². The Morgan fingerprint density at radius 2 is 1.48 bits per heavy atom. The van der Waals surface area contributed by atoms with Crippen LogP contribution in [0.2, 0.25) is 0 Å². The van der Waals surface area contributed by atoms with Gasteiger partial charge in [0.25, 0.3) is 0 Å². The van der Waals surface area contributed by atoms with E-state index in [4.69, 9.17) is 4.74 Å². The van der Waals surface area contributed by atoms with Crippen molar-refractivity contribution in [2.75, 3.05) is 45.9 Å². The third-order valence-electron chi connectivity index (χ3n) is 3.80. The van der Waals surface area contributed by atoms with Crippen molar-refractivity contribution in [2.45, 2.75) is 53.6 Å². The van der Waals surface area contributed by atoms with Gasteiger partial charge >= 0.3 is 0 Å². The highest BCUT2D eigenvalue weighted by Gasteiger charge is 2.12. The molecule has 0 aromatic heterocycles. The fourth-order valence-corrected chi connectivity index (χ4v) is 2.40. The van der Waals surface area contributed by atoms with Gasteiger partial charge < -0.3 is 20.7 Å². The lowest BCUT2D eigenvalue weighted by Crippen LogP contribution is -2.44. The van der Waals surface area contributed by atoms with E-state index in [1.165, 1.54) is 0 Å². The van der Waals surface area contributed by atoms with Gasteiger partial charge in [-0.05, 0) is 27.7 Å². The summed E-state index contributed by atoms with van der Waals surface area (Å²) in [6.45, 7) is 16.3. The molecule has 0 aromatic rings. The van der Waals surface area contributed by atoms with Crippen LogP contribution in [-0.2, 0) is 14.3 Å². The number of carbonyl (C=O) groups excluding carboxylic acids is 2. The first-order valence-corrected chi connectivity index (χ1v) is 9.34. The van der Waals surface area contributed by atoms with Crippen molar-refractivity contribution < 1.29 is 14.3 Å². The number of ether oxygens (including phenoxy) is 1. The first kappa shape index (κ1) is 23.8. The summed E-state index contributed by atoms with van der Waals surface area (Å²) in [5.74, 6) is 0.0249. The zero-order valence-corrected chi connectivity index (χ0v) is 16.9. The van der Waals surface area contributed by atoms with E-state index in [0.29, 0.717) is 44.9 Å². The van der Waals surface area contributed by atoms with Gasteiger partial charge in [-0.15, -0.1) is 0 Å². The number of carbonyl (C=O) groups is 2. The molecule has 0 heterocycles. The molecule has 7 nitrogen and oxygen atoms in total. The lowest BCUT2D eigenvalue weighted by molar-refractivity contribution is -0.124. The van der Waals surface area contributed by atoms with Crippen LogP contribution in [0.25, 0.3) is 0 Å². The third-order valence-corrected chi connectivity index (χ3v) is 3.80. The summed E-state index contributed by atoms with van der Waals surface area (Å²) in [5.41, 5.74) is 0. The van der Waals surface area contributed by atoms with E-state index in [1.807, 2.05) is 13.8 Å². The molecule has 0 unspecified atom stereocenters. The SMILES string of the molecule is CC(C)C(=O)NCCOCCNCC(=O)NCCN(C(C)C)C(C)C. The molecule has 0 aliphatic rings. The Morgan fingerprint density at radius 3 is 2.04 bits per heavy atom. The average molecular weight is 359 g/mol. The summed E-state index contributed by atoms with van der Waals surface area (Å²) in [4.78, 5) is 25.4. The lowest BCUT2D eigenvalue weighted by atomic mass is 10.2. The van der Waals surface area contributed by atoms with Gasteiger partial charge in [-0.2, -0.15) is 0 Å². The predicted molar refractivity (Wildman–Crippen MR) is 102 cm³/mol. The minimum Gasteiger partial charge on any atom is -0.378 e. The first-order chi connectivity index (χ1) is 11.8. The van der Waals surface area contributed by atoms with Gasteiger partial charge in [-0.1, -0.05) is 13.8 Å². The Kier molecular flexibility index (Phi) is 13.4. The fourth-order valence-electron chi connectivity index (χ4n) is 2.40. The van der Waals surface area contributed by atoms with Crippen molar-refractivity contribution in [3.8, 4) is 0 Å². The van der Waals surface area contributed by atoms with Gasteiger partial charge in [0, 0.05) is 44.2 Å². The van der Waals surface area contributed by atoms with Gasteiger partial charge in [-0.3, -0.25) is 14.5 Å². The Morgan fingerprint density at radius 1 is 0.880 bits per heavy atom. The van der Waals surface area contributed by atoms with E-state index in [1.54, 1.807) is 0 Å². The second-order valence-corrected chi connectivity index (χ2v) is 7.01. The normalized spacial score (nSPS) is 11.6. The van der Waals surface area contributed by atoms with Crippen LogP contribution in [0.3, 0.4) is 0 Å². The van der Waals surface area contributed by atoms with Crippen molar-refractivity contribution in [1.29, 1.82) is 0 Å². The van der Waals surface area contributed by atoms with Gasteiger partial charge in [-0.25, -0.2) is 0 Å². The van der Waals surface area contributed by atoms with Crippen LogP contribution in [0.15, 0.2) is 0 Å². The number of nitrogens with one attached hydrogen (secondary N) is 3. The van der Waals surface area contributed by atoms with Crippen LogP contribution >= 0.6 is 0 Å². The van der Waals surface area contributed by atoms with Gasteiger partial charge in [0.05, 0.1) is 19.8 Å². The van der Waals surface area contributed by atoms with Crippen molar-refractivity contribution in [3.05, 3.63) is 0 Å². The molecular formula is C18H38N4O3. The van der Waals surface area contributed by atoms with Gasteiger partial charge in [0.15, 0.2) is 0 Å². The van der Waals surface area contributed by atoms with E-state index >= 15 is 0 Å². The fraction of sp³-hybridized carbons (Fsp3) is 0.889. The van der Waals surface area contributed by atoms with E-state index in [0.717, 1.165) is 6.54 Å². The van der Waals surface area contributed by atoms with Crippen molar-refractivity contribution in [1.82, 2.24) is 20.9 Å². The monoisotopic (exact) mass is 358 g/mol. The third kappa shape index (κ3) is 12.8. The molecule has 3 N–H and O–H groups in total. The number of hydrogen-bond acceptors (Lipinski definition) is 5. The molecule has 0 aliphatic heterocycles. The molecule has 0 aliphatic carbocycles. The van der Waals surface area contributed by atoms with Crippen LogP contribution in [0.1, 0.15) is 41.5 Å². The highest BCUT2D eigenvalue weighted by Crippen LogP contribution is 2.03. The highest BCUT2D eigenvalue weighted by atomic mass is 16.5. The van der Waals surface area contributed by atoms with Crippen LogP contribution in [-0.4, -0.2) is 74.7 Å². The molecule has 0 aromatic carbocycles. The van der Waals surface area contributed by atoms with Crippen LogP contribution in [0.5, 0.6) is 0 Å². The number of nitrogens with zero attached hydrogens (tertiary/aromatic N) is 1. The minimum absolute atomic E-state index is 0.00309. The van der Waals surface area contributed by atoms with Gasteiger partial charge in [0.2, 0.25) is 11.8 Å². The zero-order valence-electron chi connectivity index (χ0n) is 16.9. The van der Waals surface area contributed by atoms with Crippen LogP contribution in [0.4, 0.5) is 0 Å². The molecule has 0 bridgehead atoms. The highest BCUT2D eigenvalue weighted by molar-refractivity contribution is 5.78. The summed E-state index contributed by atoms with van der Waals surface area (Å²) in [7, 11) is 0. The number of hydrogen-bond donors (Lipinski definition) is 3. The minimum atomic E-state index is -0.00617. The topological polar surface area (TPSA) is 82.7 Å². The molecular weight excluding hydrogens is 320 g/mol. The second kappa shape index (κ2) is 14.0. The number of rotatable bonds is 14. The molecule has 0 fully saturated rings. The van der Waals surface area contributed by atoms with Gasteiger partial charge in [0.1, 0.15) is 0 Å². The maximum absolute atomic E-state index is 11.8. The molecule has 25 heavy (non-hydrogen) atoms. The van der Waals surface area contributed by atoms with E-state index in [2.05, 4.69) is 48.5 Å². The summed E-state index contributed by atoms with van der Waals surface area (Å²) in [6, 6.07) is 0.940. The molecule has 0 spiro atoms. The largest absolute Gasteiger partial charge is 0.378 e. The maximum atomic E-state index is 11.8. The maximum Gasteiger partial charge on any atom is 0.234 e. The van der Waals surface area contributed by atoms with E-state index < -0.39 is 0 Å². The Labute approximate surface area is 153 Å². The Hall–Kier alpha value is -1.18. The molecule has 0 rings (SSSR count). The molecule has 0 saturated carbocycles. The van der Waals surface area contributed by atoms with Crippen molar-refractivity contribution >= 4 is 11.8 Å². The summed E-state index contributed by atoms with van der Waals surface area (Å²) < 4.78 is 5.40. The smallest absolute Gasteiger partial charge is 0.234 e. The predicted octanol–water partition coefficient (Wildman–Crippen LogP) is 0.600. The van der Waals surface area contributed by atoms with Crippen LogP contribution in [0, 0.1) is 5.92 Å². The second-order valence-electron chi connectivity index (χ2n) is 7.01. The zero-order chi connectivity index (χ0) is 19.2. The quantitative estimate of drug-likeness (QED) is 0.396. The molecule has 0 atom stereocenters. The number of amides is 2. The Bertz CT molecular complexity index is 365. The summed E-state index contributed by atoms with van der Waals surface area (Å²) in [6.07, 6.45) is 0. The van der Waals surface area contributed by atoms with Crippen LogP contribution < -0.4 is 16.0 Å². The molecule has 0 radical (unpaired) electrons.